The Labute approximate surface area is 392 Å². The van der Waals surface area contributed by atoms with Crippen LogP contribution in [0.15, 0.2) is 243 Å². The van der Waals surface area contributed by atoms with Gasteiger partial charge in [-0.15, -0.1) is 0 Å². The molecule has 0 bridgehead atoms. The van der Waals surface area contributed by atoms with E-state index in [1.165, 1.54) is 71.0 Å². The number of nitrogens with zero attached hydrogens (tertiary/aromatic N) is 4. The summed E-state index contributed by atoms with van der Waals surface area (Å²) in [5.41, 5.74) is 15.5. The first-order valence-electron chi connectivity index (χ1n) is 23.2. The van der Waals surface area contributed by atoms with Crippen LogP contribution in [0.3, 0.4) is 0 Å². The SMILES string of the molecule is c1ccc(-c2cc(-c3ccccc3)cc(-n3c4ccccc4c4cc(-c5ccc6c(c5)c5c7ccccc7ccc5n6-c5nc(-c6ccc7ccccc7c6)c6ccccc6n5)ccc43)c2)cc1. The summed E-state index contributed by atoms with van der Waals surface area (Å²) in [6.07, 6.45) is 0. The minimum atomic E-state index is 0.649. The maximum atomic E-state index is 5.47. The first-order valence-corrected chi connectivity index (χ1v) is 23.2. The van der Waals surface area contributed by atoms with Crippen LogP contribution < -0.4 is 0 Å². The van der Waals surface area contributed by atoms with E-state index in [9.17, 15) is 0 Å². The van der Waals surface area contributed by atoms with E-state index in [2.05, 4.69) is 252 Å². The maximum Gasteiger partial charge on any atom is 0.235 e. The third-order valence-electron chi connectivity index (χ3n) is 13.9. The Hall–Kier alpha value is -9.12. The highest BCUT2D eigenvalue weighted by Gasteiger charge is 2.21. The van der Waals surface area contributed by atoms with Crippen LogP contribution in [-0.2, 0) is 0 Å². The molecule has 0 radical (unpaired) electrons. The molecule has 68 heavy (non-hydrogen) atoms. The average Bonchev–Trinajstić information content (AvgIpc) is 3.93. The van der Waals surface area contributed by atoms with Crippen molar-refractivity contribution in [2.24, 2.45) is 0 Å². The Morgan fingerprint density at radius 2 is 0.809 bits per heavy atom. The van der Waals surface area contributed by atoms with Crippen molar-refractivity contribution < 1.29 is 0 Å². The molecule has 0 atom stereocenters. The summed E-state index contributed by atoms with van der Waals surface area (Å²) in [7, 11) is 0. The fraction of sp³-hybridized carbons (Fsp3) is 0. The van der Waals surface area contributed by atoms with Crippen molar-refractivity contribution >= 4 is 76.1 Å². The number of para-hydroxylation sites is 2. The lowest BCUT2D eigenvalue weighted by Gasteiger charge is -2.14. The maximum absolute atomic E-state index is 5.47. The van der Waals surface area contributed by atoms with Gasteiger partial charge in [0.25, 0.3) is 0 Å². The molecule has 0 amide bonds. The molecule has 0 fully saturated rings. The van der Waals surface area contributed by atoms with Crippen molar-refractivity contribution in [3.63, 3.8) is 0 Å². The topological polar surface area (TPSA) is 35.6 Å². The summed E-state index contributed by atoms with van der Waals surface area (Å²) in [5.74, 6) is 0.649. The van der Waals surface area contributed by atoms with E-state index in [1.807, 2.05) is 0 Å². The zero-order valence-corrected chi connectivity index (χ0v) is 36.9. The van der Waals surface area contributed by atoms with Crippen molar-refractivity contribution in [3.05, 3.63) is 243 Å². The van der Waals surface area contributed by atoms with Gasteiger partial charge in [-0.1, -0.05) is 176 Å². The smallest absolute Gasteiger partial charge is 0.235 e. The molecular formula is C64H40N4. The Morgan fingerprint density at radius 1 is 0.265 bits per heavy atom. The Balaban J connectivity index is 0.968. The molecule has 0 N–H and O–H groups in total. The minimum Gasteiger partial charge on any atom is -0.309 e. The number of hydrogen-bond acceptors (Lipinski definition) is 2. The lowest BCUT2D eigenvalue weighted by molar-refractivity contribution is 1.01. The van der Waals surface area contributed by atoms with Crippen molar-refractivity contribution in [3.8, 4) is 56.3 Å². The Kier molecular flexibility index (Phi) is 8.55. The lowest BCUT2D eigenvalue weighted by Crippen LogP contribution is -2.03. The van der Waals surface area contributed by atoms with Gasteiger partial charge in [-0.2, -0.15) is 0 Å². The molecule has 4 nitrogen and oxygen atoms in total. The van der Waals surface area contributed by atoms with Crippen LogP contribution in [-0.4, -0.2) is 19.1 Å². The van der Waals surface area contributed by atoms with Crippen LogP contribution in [0.1, 0.15) is 0 Å². The monoisotopic (exact) mass is 864 g/mol. The molecule has 3 heterocycles. The summed E-state index contributed by atoms with van der Waals surface area (Å²) in [5, 5.41) is 10.6. The number of aromatic nitrogens is 4. The summed E-state index contributed by atoms with van der Waals surface area (Å²) < 4.78 is 4.70. The fourth-order valence-electron chi connectivity index (χ4n) is 10.7. The zero-order valence-electron chi connectivity index (χ0n) is 36.9. The summed E-state index contributed by atoms with van der Waals surface area (Å²) >= 11 is 0. The van der Waals surface area contributed by atoms with Crippen molar-refractivity contribution in [1.29, 1.82) is 0 Å². The third-order valence-corrected chi connectivity index (χ3v) is 13.9. The molecule has 0 saturated carbocycles. The van der Waals surface area contributed by atoms with Gasteiger partial charge < -0.3 is 4.57 Å². The molecule has 3 aromatic heterocycles. The summed E-state index contributed by atoms with van der Waals surface area (Å²) in [4.78, 5) is 10.8. The van der Waals surface area contributed by atoms with Crippen molar-refractivity contribution in [1.82, 2.24) is 19.1 Å². The van der Waals surface area contributed by atoms with Gasteiger partial charge >= 0.3 is 0 Å². The normalized spacial score (nSPS) is 11.8. The number of rotatable bonds is 6. The molecule has 0 aliphatic carbocycles. The lowest BCUT2D eigenvalue weighted by atomic mass is 9.98. The largest absolute Gasteiger partial charge is 0.309 e. The number of fused-ring (bicyclic) bond motifs is 10. The average molecular weight is 865 g/mol. The van der Waals surface area contributed by atoms with Gasteiger partial charge in [0, 0.05) is 38.2 Å². The van der Waals surface area contributed by atoms with Crippen LogP contribution in [0.5, 0.6) is 0 Å². The second kappa shape index (κ2) is 15.2. The van der Waals surface area contributed by atoms with Gasteiger partial charge in [-0.3, -0.25) is 4.57 Å². The summed E-state index contributed by atoms with van der Waals surface area (Å²) in [6, 6.07) is 87.7. The van der Waals surface area contributed by atoms with E-state index in [0.717, 1.165) is 55.4 Å². The van der Waals surface area contributed by atoms with Crippen molar-refractivity contribution in [2.45, 2.75) is 0 Å². The first kappa shape index (κ1) is 38.2. The van der Waals surface area contributed by atoms with Crippen LogP contribution in [0.4, 0.5) is 0 Å². The third kappa shape index (κ3) is 6.08. The molecule has 14 rings (SSSR count). The van der Waals surface area contributed by atoms with Gasteiger partial charge in [0.15, 0.2) is 0 Å². The van der Waals surface area contributed by atoms with E-state index in [0.29, 0.717) is 5.95 Å². The molecule has 0 aliphatic heterocycles. The molecule has 316 valence electrons. The highest BCUT2D eigenvalue weighted by Crippen LogP contribution is 2.42. The predicted octanol–water partition coefficient (Wildman–Crippen LogP) is 16.8. The van der Waals surface area contributed by atoms with Gasteiger partial charge in [0.2, 0.25) is 5.95 Å². The first-order chi connectivity index (χ1) is 33.7. The van der Waals surface area contributed by atoms with Gasteiger partial charge in [0.1, 0.15) is 0 Å². The van der Waals surface area contributed by atoms with Gasteiger partial charge in [-0.25, -0.2) is 9.97 Å². The van der Waals surface area contributed by atoms with E-state index < -0.39 is 0 Å². The molecular weight excluding hydrogens is 825 g/mol. The highest BCUT2D eigenvalue weighted by atomic mass is 15.2. The molecule has 0 saturated heterocycles. The molecule has 0 spiro atoms. The zero-order chi connectivity index (χ0) is 44.7. The van der Waals surface area contributed by atoms with Gasteiger partial charge in [0.05, 0.1) is 33.3 Å². The molecule has 0 aliphatic rings. The van der Waals surface area contributed by atoms with E-state index >= 15 is 0 Å². The quantitative estimate of drug-likeness (QED) is 0.167. The molecule has 0 unspecified atom stereocenters. The molecule has 11 aromatic carbocycles. The van der Waals surface area contributed by atoms with Crippen LogP contribution in [0, 0.1) is 0 Å². The van der Waals surface area contributed by atoms with Crippen LogP contribution in [0.2, 0.25) is 0 Å². The Bertz CT molecular complexity index is 4260. The Morgan fingerprint density at radius 3 is 1.56 bits per heavy atom. The van der Waals surface area contributed by atoms with Crippen LogP contribution in [0.25, 0.3) is 132 Å². The van der Waals surface area contributed by atoms with E-state index in [-0.39, 0.29) is 0 Å². The number of benzene rings is 11. The van der Waals surface area contributed by atoms with E-state index in [4.69, 9.17) is 9.97 Å². The molecule has 14 aromatic rings. The standard InChI is InChI=1S/C64H40N4/c1-3-15-41(16-4-1)49-36-50(42-17-5-2-6-18-42)38-51(37-49)67-58-26-14-12-23-53(58)55-39-46(30-32-59(55)67)47-31-33-60-56(40-47)62-52-22-10-9-20-44(52)29-34-61(62)68(60)64-65-57-25-13-11-24-54(57)63(66-64)48-28-27-43-19-7-8-21-45(43)35-48/h1-40H. The highest BCUT2D eigenvalue weighted by molar-refractivity contribution is 6.22. The van der Waals surface area contributed by atoms with Crippen molar-refractivity contribution in [2.75, 3.05) is 0 Å². The number of hydrogen-bond donors (Lipinski definition) is 0. The molecule has 4 heteroatoms. The summed E-state index contributed by atoms with van der Waals surface area (Å²) in [6.45, 7) is 0. The minimum absolute atomic E-state index is 0.649. The van der Waals surface area contributed by atoms with Crippen LogP contribution >= 0.6 is 0 Å². The van der Waals surface area contributed by atoms with Gasteiger partial charge in [-0.05, 0) is 122 Å². The second-order valence-electron chi connectivity index (χ2n) is 17.8. The fourth-order valence-corrected chi connectivity index (χ4v) is 10.7. The van der Waals surface area contributed by atoms with E-state index in [1.54, 1.807) is 0 Å². The predicted molar refractivity (Wildman–Crippen MR) is 285 cm³/mol. The second-order valence-corrected chi connectivity index (χ2v) is 17.8.